The Balaban J connectivity index is 1.71. The first-order valence-corrected chi connectivity index (χ1v) is 12.2. The molecule has 2 aromatic carbocycles. The lowest BCUT2D eigenvalue weighted by Gasteiger charge is -2.46. The van der Waals surface area contributed by atoms with Crippen molar-refractivity contribution in [1.29, 1.82) is 0 Å². The number of carbonyl (C=O) groups excluding carboxylic acids is 3. The molecule has 12 heteroatoms. The van der Waals surface area contributed by atoms with Crippen LogP contribution in [0.4, 0.5) is 0 Å². The van der Waals surface area contributed by atoms with Crippen molar-refractivity contribution in [3.05, 3.63) is 57.6 Å². The largest absolute Gasteiger partial charge is 0.507 e. The van der Waals surface area contributed by atoms with E-state index in [1.807, 2.05) is 0 Å². The van der Waals surface area contributed by atoms with E-state index in [0.717, 1.165) is 6.07 Å². The van der Waals surface area contributed by atoms with Crippen molar-refractivity contribution < 1.29 is 58.9 Å². The molecule has 0 amide bonds. The van der Waals surface area contributed by atoms with Crippen LogP contribution in [0.2, 0.25) is 0 Å². The number of aromatic hydroxyl groups is 2. The van der Waals surface area contributed by atoms with Gasteiger partial charge in [-0.05, 0) is 26.0 Å². The number of hydrogen-bond acceptors (Lipinski definition) is 12. The first-order valence-electron chi connectivity index (χ1n) is 12.2. The molecule has 2 aromatic rings. The summed E-state index contributed by atoms with van der Waals surface area (Å²) in [6, 6.07) is 5.05. The second-order valence-electron chi connectivity index (χ2n) is 10.0. The average molecular weight is 545 g/mol. The van der Waals surface area contributed by atoms with Gasteiger partial charge in [0.25, 0.3) is 0 Å². The summed E-state index contributed by atoms with van der Waals surface area (Å²) in [7, 11) is 2.45. The predicted octanol–water partition coefficient (Wildman–Crippen LogP) is 0.375. The second-order valence-corrected chi connectivity index (χ2v) is 10.0. The third-order valence-corrected chi connectivity index (χ3v) is 7.74. The van der Waals surface area contributed by atoms with Crippen molar-refractivity contribution in [2.45, 2.75) is 62.4 Å². The molecule has 2 aliphatic carbocycles. The number of phenolic OH excluding ortho intramolecular Hbond substituents is 2. The number of Topliss-reactive ketones (excluding diaryl/α,β-unsaturated/α-hetero) is 1. The fraction of sp³-hybridized carbons (Fsp3) is 0.444. The first kappa shape index (κ1) is 27.3. The van der Waals surface area contributed by atoms with E-state index in [4.69, 9.17) is 18.9 Å². The van der Waals surface area contributed by atoms with E-state index in [0.29, 0.717) is 0 Å². The van der Waals surface area contributed by atoms with Crippen LogP contribution in [0.15, 0.2) is 24.3 Å². The Morgan fingerprint density at radius 2 is 1.62 bits per heavy atom. The molecule has 3 aliphatic rings. The maximum atomic E-state index is 13.5. The summed E-state index contributed by atoms with van der Waals surface area (Å²) < 4.78 is 22.6. The van der Waals surface area contributed by atoms with Gasteiger partial charge in [0.1, 0.15) is 42.0 Å². The van der Waals surface area contributed by atoms with Crippen LogP contribution in [0.1, 0.15) is 67.7 Å². The van der Waals surface area contributed by atoms with Gasteiger partial charge in [-0.3, -0.25) is 14.4 Å². The van der Waals surface area contributed by atoms with Gasteiger partial charge in [-0.15, -0.1) is 0 Å². The molecule has 208 valence electrons. The molecule has 5 rings (SSSR count). The minimum absolute atomic E-state index is 0.107. The molecule has 0 spiro atoms. The Kier molecular flexibility index (Phi) is 6.63. The maximum Gasteiger partial charge on any atom is 0.201 e. The molecule has 1 unspecified atom stereocenters. The fourth-order valence-electron chi connectivity index (χ4n) is 5.65. The summed E-state index contributed by atoms with van der Waals surface area (Å²) in [5, 5.41) is 53.8. The highest BCUT2D eigenvalue weighted by Gasteiger charge is 2.56. The first-order chi connectivity index (χ1) is 18.4. The topological polar surface area (TPSA) is 189 Å². The van der Waals surface area contributed by atoms with Crippen LogP contribution in [0.25, 0.3) is 0 Å². The van der Waals surface area contributed by atoms with Crippen molar-refractivity contribution >= 4 is 17.3 Å². The Hall–Kier alpha value is -3.23. The third-order valence-electron chi connectivity index (χ3n) is 7.74. The summed E-state index contributed by atoms with van der Waals surface area (Å²) in [4.78, 5) is 40.3. The van der Waals surface area contributed by atoms with E-state index >= 15 is 0 Å². The number of phenols is 2. The van der Waals surface area contributed by atoms with Crippen molar-refractivity contribution in [2.75, 3.05) is 14.2 Å². The van der Waals surface area contributed by atoms with Crippen molar-refractivity contribution in [3.63, 3.8) is 0 Å². The van der Waals surface area contributed by atoms with E-state index in [1.165, 1.54) is 46.3 Å². The minimum atomic E-state index is -2.23. The summed E-state index contributed by atoms with van der Waals surface area (Å²) in [5.41, 5.74) is -3.94. The van der Waals surface area contributed by atoms with E-state index in [2.05, 4.69) is 0 Å². The molecule has 8 atom stereocenters. The molecule has 0 radical (unpaired) electrons. The maximum absolute atomic E-state index is 13.5. The van der Waals surface area contributed by atoms with Gasteiger partial charge in [0.15, 0.2) is 23.5 Å². The molecule has 0 saturated carbocycles. The highest BCUT2D eigenvalue weighted by Crippen LogP contribution is 2.49. The minimum Gasteiger partial charge on any atom is -0.507 e. The van der Waals surface area contributed by atoms with Gasteiger partial charge in [-0.2, -0.15) is 0 Å². The standard InChI is InChI=1S/C27H28O12/c1-9-17(29)21(33)23(36-3)26(38-9)39-22-16-12(24(34)27(2,35)25(22)37-4)8-11-15(20(16)32)19(31)14-10(18(11)30)6-5-7-13(14)28/h5-9,17,21-23,25-26,28-29,32-33,35H,1-4H3/t9-,17-,21+,22+,23+,25?,26-,27+/m0/s1. The van der Waals surface area contributed by atoms with Crippen LogP contribution in [0.3, 0.4) is 0 Å². The number of carbonyl (C=O) groups is 3. The van der Waals surface area contributed by atoms with Gasteiger partial charge in [-0.25, -0.2) is 0 Å². The molecule has 1 saturated heterocycles. The zero-order valence-electron chi connectivity index (χ0n) is 21.4. The van der Waals surface area contributed by atoms with Crippen LogP contribution in [-0.2, 0) is 18.9 Å². The van der Waals surface area contributed by atoms with E-state index in [1.54, 1.807) is 0 Å². The fourth-order valence-corrected chi connectivity index (χ4v) is 5.65. The molecule has 5 N–H and O–H groups in total. The average Bonchev–Trinajstić information content (AvgIpc) is 2.88. The van der Waals surface area contributed by atoms with Gasteiger partial charge in [0.2, 0.25) is 5.78 Å². The Morgan fingerprint density at radius 3 is 2.26 bits per heavy atom. The number of ether oxygens (including phenoxy) is 4. The molecule has 0 aromatic heterocycles. The highest BCUT2D eigenvalue weighted by molar-refractivity contribution is 6.31. The molecule has 0 bridgehead atoms. The molecular formula is C27H28O12. The normalized spacial score (nSPS) is 33.9. The molecular weight excluding hydrogens is 516 g/mol. The number of benzene rings is 2. The molecule has 12 nitrogen and oxygen atoms in total. The van der Waals surface area contributed by atoms with E-state index < -0.39 is 82.9 Å². The lowest BCUT2D eigenvalue weighted by molar-refractivity contribution is -0.321. The Labute approximate surface area is 222 Å². The van der Waals surface area contributed by atoms with Crippen LogP contribution in [0, 0.1) is 0 Å². The van der Waals surface area contributed by atoms with E-state index in [9.17, 15) is 39.9 Å². The number of aliphatic hydroxyl groups is 3. The van der Waals surface area contributed by atoms with Crippen LogP contribution < -0.4 is 0 Å². The molecule has 1 aliphatic heterocycles. The van der Waals surface area contributed by atoms with Crippen LogP contribution in [-0.4, -0.2) is 99.5 Å². The Morgan fingerprint density at radius 1 is 0.923 bits per heavy atom. The molecule has 1 fully saturated rings. The van der Waals surface area contributed by atoms with Gasteiger partial charge in [-0.1, -0.05) is 12.1 Å². The number of hydrogen-bond donors (Lipinski definition) is 5. The molecule has 39 heavy (non-hydrogen) atoms. The number of rotatable bonds is 4. The molecule has 1 heterocycles. The third kappa shape index (κ3) is 3.83. The summed E-state index contributed by atoms with van der Waals surface area (Å²) >= 11 is 0. The number of methoxy groups -OCH3 is 2. The van der Waals surface area contributed by atoms with Crippen molar-refractivity contribution in [2.24, 2.45) is 0 Å². The van der Waals surface area contributed by atoms with E-state index in [-0.39, 0.29) is 27.8 Å². The zero-order valence-corrected chi connectivity index (χ0v) is 21.4. The predicted molar refractivity (Wildman–Crippen MR) is 130 cm³/mol. The zero-order chi connectivity index (χ0) is 28.5. The number of ketones is 3. The number of aliphatic hydroxyl groups excluding tert-OH is 2. The summed E-state index contributed by atoms with van der Waals surface area (Å²) in [6.07, 6.45) is -9.24. The summed E-state index contributed by atoms with van der Waals surface area (Å²) in [5.74, 6) is -3.71. The SMILES string of the molecule is COC1[C@H](O[C@@H]2O[C@@H](C)[C@H](O)[C@@H](O)[C@H]2OC)c2c(cc3c(c2O)C(=O)c2c(O)cccc2C3=O)C(=O)[C@@]1(C)O. The van der Waals surface area contributed by atoms with Gasteiger partial charge >= 0.3 is 0 Å². The lowest BCUT2D eigenvalue weighted by atomic mass is 9.72. The Bertz CT molecular complexity index is 1380. The van der Waals surface area contributed by atoms with Crippen molar-refractivity contribution in [3.8, 4) is 11.5 Å². The quantitative estimate of drug-likeness (QED) is 0.304. The van der Waals surface area contributed by atoms with Gasteiger partial charge in [0.05, 0.1) is 17.2 Å². The number of fused-ring (bicyclic) bond motifs is 3. The van der Waals surface area contributed by atoms with Gasteiger partial charge < -0.3 is 44.5 Å². The second kappa shape index (κ2) is 9.45. The summed E-state index contributed by atoms with van der Waals surface area (Å²) in [6.45, 7) is 2.66. The lowest BCUT2D eigenvalue weighted by Crippen LogP contribution is -2.60. The van der Waals surface area contributed by atoms with Crippen LogP contribution >= 0.6 is 0 Å². The monoisotopic (exact) mass is 544 g/mol. The van der Waals surface area contributed by atoms with Gasteiger partial charge in [0, 0.05) is 36.5 Å². The van der Waals surface area contributed by atoms with Crippen LogP contribution in [0.5, 0.6) is 11.5 Å². The smallest absolute Gasteiger partial charge is 0.201 e. The van der Waals surface area contributed by atoms with Crippen molar-refractivity contribution in [1.82, 2.24) is 0 Å². The highest BCUT2D eigenvalue weighted by atomic mass is 16.7.